The molecule has 10 heteroatoms. The van der Waals surface area contributed by atoms with Crippen LogP contribution in [0.1, 0.15) is 32.3 Å². The number of alkyl halides is 3. The molecular weight excluding hydrogens is 510 g/mol. The molecule has 0 aromatic heterocycles. The van der Waals surface area contributed by atoms with Gasteiger partial charge in [-0.25, -0.2) is 0 Å². The predicted molar refractivity (Wildman–Crippen MR) is 124 cm³/mol. The van der Waals surface area contributed by atoms with E-state index in [1.54, 1.807) is 7.05 Å². The van der Waals surface area contributed by atoms with E-state index in [0.29, 0.717) is 45.1 Å². The van der Waals surface area contributed by atoms with Crippen LogP contribution in [0.5, 0.6) is 0 Å². The van der Waals surface area contributed by atoms with Gasteiger partial charge >= 0.3 is 6.18 Å². The van der Waals surface area contributed by atoms with Crippen LogP contribution in [-0.2, 0) is 11.3 Å². The third kappa shape index (κ3) is 7.93. The number of carbonyl (C=O) groups is 1. The average Bonchev–Trinajstić information content (AvgIpc) is 2.68. The Balaban J connectivity index is 0.00000450. The van der Waals surface area contributed by atoms with Gasteiger partial charge in [0.2, 0.25) is 5.91 Å². The average molecular weight is 541 g/mol. The molecule has 1 unspecified atom stereocenters. The number of carbonyl (C=O) groups excluding carboxylic acids is 1. The first kappa shape index (κ1) is 26.5. The molecule has 6 nitrogen and oxygen atoms in total. The summed E-state index contributed by atoms with van der Waals surface area (Å²) >= 11 is 0. The highest BCUT2D eigenvalue weighted by Crippen LogP contribution is 2.25. The van der Waals surface area contributed by atoms with Crippen LogP contribution < -0.4 is 10.6 Å². The maximum Gasteiger partial charge on any atom is 0.403 e. The van der Waals surface area contributed by atoms with Crippen molar-refractivity contribution in [1.82, 2.24) is 15.1 Å². The van der Waals surface area contributed by atoms with Crippen LogP contribution in [0.2, 0.25) is 0 Å². The highest BCUT2D eigenvalue weighted by Gasteiger charge is 2.41. The monoisotopic (exact) mass is 541 g/mol. The summed E-state index contributed by atoms with van der Waals surface area (Å²) in [5, 5.41) is 6.13. The van der Waals surface area contributed by atoms with Gasteiger partial charge < -0.3 is 15.5 Å². The van der Waals surface area contributed by atoms with Gasteiger partial charge in [-0.05, 0) is 31.0 Å². The van der Waals surface area contributed by atoms with Crippen LogP contribution in [0, 0.1) is 0 Å². The van der Waals surface area contributed by atoms with Crippen LogP contribution in [0.3, 0.4) is 0 Å². The molecule has 0 aliphatic carbocycles. The molecule has 1 aliphatic rings. The van der Waals surface area contributed by atoms with Gasteiger partial charge in [0.1, 0.15) is 6.04 Å². The standard InChI is InChI=1S/C20H30F3N5O.HI/c1-4-6-18(29)26-17-8-5-7-16(13-17)14-25-19(24-3)28-11-9-27(10-12-28)15(2)20(21,22)23;/h5,7-8,13,15H,4,6,9-12,14H2,1-3H3,(H,24,25)(H,26,29);1H. The number of benzene rings is 1. The Bertz CT molecular complexity index is 706. The Morgan fingerprint density at radius 3 is 2.47 bits per heavy atom. The third-order valence-electron chi connectivity index (χ3n) is 4.99. The molecule has 30 heavy (non-hydrogen) atoms. The van der Waals surface area contributed by atoms with Crippen LogP contribution in [0.15, 0.2) is 29.3 Å². The number of hydrogen-bond acceptors (Lipinski definition) is 3. The van der Waals surface area contributed by atoms with Crippen molar-refractivity contribution in [3.8, 4) is 0 Å². The number of halogens is 4. The van der Waals surface area contributed by atoms with E-state index in [9.17, 15) is 18.0 Å². The Morgan fingerprint density at radius 1 is 1.23 bits per heavy atom. The van der Waals surface area contributed by atoms with Gasteiger partial charge in [0.25, 0.3) is 0 Å². The van der Waals surface area contributed by atoms with Crippen LogP contribution in [0.25, 0.3) is 0 Å². The highest BCUT2D eigenvalue weighted by atomic mass is 127. The minimum absolute atomic E-state index is 0. The molecule has 0 spiro atoms. The molecule has 0 radical (unpaired) electrons. The van der Waals surface area contributed by atoms with Crippen molar-refractivity contribution in [3.63, 3.8) is 0 Å². The quantitative estimate of drug-likeness (QED) is 0.328. The molecular formula is C20H31F3IN5O. The molecule has 1 saturated heterocycles. The zero-order chi connectivity index (χ0) is 21.4. The number of nitrogens with zero attached hydrogens (tertiary/aromatic N) is 3. The number of aliphatic imine (C=N–C) groups is 1. The number of piperazine rings is 1. The topological polar surface area (TPSA) is 60.0 Å². The zero-order valence-corrected chi connectivity index (χ0v) is 20.0. The fourth-order valence-corrected chi connectivity index (χ4v) is 3.25. The minimum atomic E-state index is -4.21. The second-order valence-corrected chi connectivity index (χ2v) is 7.14. The van der Waals surface area contributed by atoms with Gasteiger partial charge in [-0.3, -0.25) is 14.7 Å². The van der Waals surface area contributed by atoms with Crippen molar-refractivity contribution in [3.05, 3.63) is 29.8 Å². The maximum absolute atomic E-state index is 12.9. The second-order valence-electron chi connectivity index (χ2n) is 7.14. The summed E-state index contributed by atoms with van der Waals surface area (Å²) < 4.78 is 38.7. The minimum Gasteiger partial charge on any atom is -0.352 e. The summed E-state index contributed by atoms with van der Waals surface area (Å²) in [6, 6.07) is 6.12. The van der Waals surface area contributed by atoms with E-state index in [4.69, 9.17) is 0 Å². The van der Waals surface area contributed by atoms with Crippen molar-refractivity contribution in [2.24, 2.45) is 4.99 Å². The lowest BCUT2D eigenvalue weighted by molar-refractivity contribution is -0.181. The Morgan fingerprint density at radius 2 is 1.90 bits per heavy atom. The van der Waals surface area contributed by atoms with Crippen molar-refractivity contribution in [1.29, 1.82) is 0 Å². The molecule has 1 fully saturated rings. The molecule has 0 saturated carbocycles. The Hall–Kier alpha value is -1.56. The van der Waals surface area contributed by atoms with Crippen molar-refractivity contribution < 1.29 is 18.0 Å². The zero-order valence-electron chi connectivity index (χ0n) is 17.6. The number of anilines is 1. The molecule has 1 aromatic carbocycles. The van der Waals surface area contributed by atoms with Crippen LogP contribution in [0.4, 0.5) is 18.9 Å². The van der Waals surface area contributed by atoms with E-state index >= 15 is 0 Å². The first-order valence-electron chi connectivity index (χ1n) is 9.89. The molecule has 1 aromatic rings. The molecule has 1 heterocycles. The van der Waals surface area contributed by atoms with Gasteiger partial charge in [0.05, 0.1) is 0 Å². The molecule has 2 N–H and O–H groups in total. The van der Waals surface area contributed by atoms with Gasteiger partial charge in [-0.2, -0.15) is 13.2 Å². The molecule has 2 rings (SSSR count). The van der Waals surface area contributed by atoms with Crippen LogP contribution in [-0.4, -0.2) is 67.1 Å². The summed E-state index contributed by atoms with van der Waals surface area (Å²) in [4.78, 5) is 19.4. The number of guanidine groups is 1. The summed E-state index contributed by atoms with van der Waals surface area (Å²) in [6.45, 7) is 5.29. The third-order valence-corrected chi connectivity index (χ3v) is 4.99. The molecule has 1 amide bonds. The lowest BCUT2D eigenvalue weighted by atomic mass is 10.2. The molecule has 1 atom stereocenters. The molecule has 170 valence electrons. The number of nitrogens with one attached hydrogen (secondary N) is 2. The summed E-state index contributed by atoms with van der Waals surface area (Å²) in [7, 11) is 1.66. The smallest absolute Gasteiger partial charge is 0.352 e. The first-order valence-corrected chi connectivity index (χ1v) is 9.89. The highest BCUT2D eigenvalue weighted by molar-refractivity contribution is 14.0. The Kier molecular flexibility index (Phi) is 10.9. The van der Waals surface area contributed by atoms with Crippen molar-refractivity contribution in [2.45, 2.75) is 45.5 Å². The van der Waals surface area contributed by atoms with E-state index in [2.05, 4.69) is 15.6 Å². The van der Waals surface area contributed by atoms with E-state index in [1.165, 1.54) is 11.8 Å². The van der Waals surface area contributed by atoms with Crippen LogP contribution >= 0.6 is 24.0 Å². The maximum atomic E-state index is 12.9. The largest absolute Gasteiger partial charge is 0.403 e. The number of amides is 1. The van der Waals surface area contributed by atoms with Crippen molar-refractivity contribution in [2.75, 3.05) is 38.5 Å². The Labute approximate surface area is 193 Å². The van der Waals surface area contributed by atoms with E-state index in [-0.39, 0.29) is 29.9 Å². The predicted octanol–water partition coefficient (Wildman–Crippen LogP) is 3.69. The SMILES string of the molecule is CCCC(=O)Nc1cccc(CNC(=NC)N2CCN(C(C)C(F)(F)F)CC2)c1.I. The first-order chi connectivity index (χ1) is 13.7. The number of rotatable bonds is 6. The summed E-state index contributed by atoms with van der Waals surface area (Å²) in [5.41, 5.74) is 1.72. The van der Waals surface area contributed by atoms with Gasteiger partial charge in [-0.1, -0.05) is 19.1 Å². The lowest BCUT2D eigenvalue weighted by Gasteiger charge is -2.39. The number of hydrogen-bond donors (Lipinski definition) is 2. The lowest BCUT2D eigenvalue weighted by Crippen LogP contribution is -2.56. The van der Waals surface area contributed by atoms with E-state index in [1.807, 2.05) is 36.1 Å². The fraction of sp³-hybridized carbons (Fsp3) is 0.600. The summed E-state index contributed by atoms with van der Waals surface area (Å²) in [6.07, 6.45) is -2.94. The second kappa shape index (κ2) is 12.3. The molecule has 0 bridgehead atoms. The van der Waals surface area contributed by atoms with Gasteiger partial charge in [0.15, 0.2) is 5.96 Å². The fourth-order valence-electron chi connectivity index (χ4n) is 3.25. The van der Waals surface area contributed by atoms with Crippen molar-refractivity contribution >= 4 is 41.5 Å². The van der Waals surface area contributed by atoms with Gasteiger partial charge in [-0.15, -0.1) is 24.0 Å². The molecule has 1 aliphatic heterocycles. The normalized spacial score (nSPS) is 16.6. The van der Waals surface area contributed by atoms with E-state index in [0.717, 1.165) is 17.7 Å². The van der Waals surface area contributed by atoms with Gasteiger partial charge in [0, 0.05) is 51.9 Å². The summed E-state index contributed by atoms with van der Waals surface area (Å²) in [5.74, 6) is 0.643. The van der Waals surface area contributed by atoms with E-state index < -0.39 is 12.2 Å².